The smallest absolute Gasteiger partial charge is 0.305 e. The third-order valence-electron chi connectivity index (χ3n) is 7.25. The highest BCUT2D eigenvalue weighted by molar-refractivity contribution is 6.35. The Hall–Kier alpha value is -4.33. The maximum Gasteiger partial charge on any atom is 0.305 e. The minimum absolute atomic E-state index is 0.0665. The average molecular weight is 603 g/mol. The van der Waals surface area contributed by atoms with Gasteiger partial charge in [0.2, 0.25) is 0 Å². The van der Waals surface area contributed by atoms with E-state index in [0.29, 0.717) is 15.6 Å². The van der Waals surface area contributed by atoms with Crippen molar-refractivity contribution < 1.29 is 19.4 Å². The van der Waals surface area contributed by atoms with Crippen LogP contribution in [0.4, 0.5) is 0 Å². The third kappa shape index (κ3) is 6.12. The maximum atomic E-state index is 12.5. The summed E-state index contributed by atoms with van der Waals surface area (Å²) in [5.74, 6) is -0.487. The fraction of sp³-hybridized carbons (Fsp3) is 0.182. The van der Waals surface area contributed by atoms with E-state index in [2.05, 4.69) is 30.4 Å². The highest BCUT2D eigenvalue weighted by atomic mass is 35.5. The van der Waals surface area contributed by atoms with Gasteiger partial charge < -0.3 is 15.2 Å². The van der Waals surface area contributed by atoms with Gasteiger partial charge in [-0.25, -0.2) is 0 Å². The van der Waals surface area contributed by atoms with Crippen molar-refractivity contribution in [1.82, 2.24) is 15.1 Å². The van der Waals surface area contributed by atoms with Gasteiger partial charge in [0.25, 0.3) is 5.91 Å². The molecule has 1 amide bonds. The van der Waals surface area contributed by atoms with Gasteiger partial charge in [0.15, 0.2) is 0 Å². The summed E-state index contributed by atoms with van der Waals surface area (Å²) in [6, 6.07) is 24.7. The van der Waals surface area contributed by atoms with E-state index in [-0.39, 0.29) is 24.9 Å². The summed E-state index contributed by atoms with van der Waals surface area (Å²) in [5.41, 5.74) is 5.90. The Morgan fingerprint density at radius 2 is 1.60 bits per heavy atom. The number of nitrogens with zero attached hydrogens (tertiary/aromatic N) is 2. The Labute approximate surface area is 253 Å². The van der Waals surface area contributed by atoms with Crippen LogP contribution < -0.4 is 10.1 Å². The van der Waals surface area contributed by atoms with E-state index in [0.717, 1.165) is 50.2 Å². The molecule has 0 fully saturated rings. The molecule has 2 N–H and O–H groups in total. The van der Waals surface area contributed by atoms with Crippen molar-refractivity contribution in [3.8, 4) is 28.3 Å². The van der Waals surface area contributed by atoms with E-state index in [9.17, 15) is 9.59 Å². The van der Waals surface area contributed by atoms with E-state index in [4.69, 9.17) is 38.1 Å². The Balaban J connectivity index is 1.57. The topological polar surface area (TPSA) is 93.5 Å². The van der Waals surface area contributed by atoms with Gasteiger partial charge in [-0.1, -0.05) is 53.5 Å². The first-order valence-corrected chi connectivity index (χ1v) is 14.1. The van der Waals surface area contributed by atoms with Crippen molar-refractivity contribution >= 4 is 45.9 Å². The number of methoxy groups -OCH3 is 1. The number of hydrogen-bond acceptors (Lipinski definition) is 4. The number of amides is 1. The molecule has 0 aliphatic heterocycles. The standard InChI is InChI=1S/C33H29Cl2N3O4/c1-19-31(26-15-27(34)18-28(35)16-26)37-38(32(19)25-9-8-24-17-29(42-3)11-10-23(24)14-25)20(2)21-4-6-22(7-5-21)33(41)36-13-12-30(39)40/h4-11,14-18,20H,12-13H2,1-3H3,(H,36,41)(H,39,40)/t20-/m1/s1. The highest BCUT2D eigenvalue weighted by Gasteiger charge is 2.23. The molecule has 0 spiro atoms. The Bertz CT molecular complexity index is 1780. The Morgan fingerprint density at radius 3 is 2.26 bits per heavy atom. The number of carboxylic acid groups (broad SMARTS) is 1. The molecule has 4 aromatic carbocycles. The Kier molecular flexibility index (Phi) is 8.52. The van der Waals surface area contributed by atoms with Crippen LogP contribution in [-0.4, -0.2) is 40.4 Å². The lowest BCUT2D eigenvalue weighted by Gasteiger charge is -2.18. The minimum atomic E-state index is -0.963. The van der Waals surface area contributed by atoms with Gasteiger partial charge in [-0.15, -0.1) is 0 Å². The molecule has 5 rings (SSSR count). The number of hydrogen-bond donors (Lipinski definition) is 2. The lowest BCUT2D eigenvalue weighted by molar-refractivity contribution is -0.136. The fourth-order valence-electron chi connectivity index (χ4n) is 5.05. The van der Waals surface area contributed by atoms with Crippen LogP contribution in [-0.2, 0) is 4.79 Å². The van der Waals surface area contributed by atoms with Crippen LogP contribution in [0.3, 0.4) is 0 Å². The fourth-order valence-corrected chi connectivity index (χ4v) is 5.57. The molecule has 7 nitrogen and oxygen atoms in total. The quantitative estimate of drug-likeness (QED) is 0.180. The predicted molar refractivity (Wildman–Crippen MR) is 167 cm³/mol. The van der Waals surface area contributed by atoms with E-state index in [1.165, 1.54) is 0 Å². The number of ether oxygens (including phenoxy) is 1. The second kappa shape index (κ2) is 12.3. The second-order valence-corrected chi connectivity index (χ2v) is 10.9. The lowest BCUT2D eigenvalue weighted by atomic mass is 9.99. The number of aromatic nitrogens is 2. The first-order valence-electron chi connectivity index (χ1n) is 13.4. The molecular formula is C33H29Cl2N3O4. The van der Waals surface area contributed by atoms with Gasteiger partial charge in [-0.3, -0.25) is 14.3 Å². The van der Waals surface area contributed by atoms with Gasteiger partial charge in [0.05, 0.1) is 31.0 Å². The van der Waals surface area contributed by atoms with E-state index in [1.807, 2.05) is 54.1 Å². The van der Waals surface area contributed by atoms with E-state index < -0.39 is 5.97 Å². The molecule has 1 aromatic heterocycles. The number of carbonyl (C=O) groups excluding carboxylic acids is 1. The van der Waals surface area contributed by atoms with Crippen LogP contribution in [0.1, 0.15) is 40.9 Å². The van der Waals surface area contributed by atoms with Crippen molar-refractivity contribution in [3.63, 3.8) is 0 Å². The van der Waals surface area contributed by atoms with Gasteiger partial charge in [0, 0.05) is 38.8 Å². The molecule has 5 aromatic rings. The number of nitrogens with one attached hydrogen (secondary N) is 1. The summed E-state index contributed by atoms with van der Waals surface area (Å²) in [6.45, 7) is 4.16. The number of aliphatic carboxylic acids is 1. The monoisotopic (exact) mass is 601 g/mol. The molecule has 0 aliphatic carbocycles. The molecule has 214 valence electrons. The zero-order valence-electron chi connectivity index (χ0n) is 23.3. The number of rotatable bonds is 9. The molecule has 0 bridgehead atoms. The molecule has 1 heterocycles. The molecule has 0 radical (unpaired) electrons. The van der Waals surface area contributed by atoms with Crippen molar-refractivity contribution in [3.05, 3.63) is 106 Å². The van der Waals surface area contributed by atoms with Crippen LogP contribution in [0.25, 0.3) is 33.3 Å². The van der Waals surface area contributed by atoms with Crippen molar-refractivity contribution in [2.24, 2.45) is 0 Å². The van der Waals surface area contributed by atoms with Crippen molar-refractivity contribution in [2.75, 3.05) is 13.7 Å². The summed E-state index contributed by atoms with van der Waals surface area (Å²) in [6.07, 6.45) is -0.134. The summed E-state index contributed by atoms with van der Waals surface area (Å²) >= 11 is 12.7. The van der Waals surface area contributed by atoms with Crippen molar-refractivity contribution in [2.45, 2.75) is 26.3 Å². The van der Waals surface area contributed by atoms with Crippen LogP contribution in [0, 0.1) is 6.92 Å². The lowest BCUT2D eigenvalue weighted by Crippen LogP contribution is -2.26. The average Bonchev–Trinajstić information content (AvgIpc) is 3.32. The molecule has 0 unspecified atom stereocenters. The van der Waals surface area contributed by atoms with Crippen LogP contribution in [0.2, 0.25) is 10.0 Å². The summed E-state index contributed by atoms with van der Waals surface area (Å²) in [7, 11) is 1.65. The van der Waals surface area contributed by atoms with Crippen LogP contribution >= 0.6 is 23.2 Å². The summed E-state index contributed by atoms with van der Waals surface area (Å²) < 4.78 is 7.39. The molecule has 0 saturated heterocycles. The van der Waals surface area contributed by atoms with Gasteiger partial charge in [0.1, 0.15) is 5.75 Å². The Morgan fingerprint density at radius 1 is 0.929 bits per heavy atom. The number of fused-ring (bicyclic) bond motifs is 1. The molecule has 1 atom stereocenters. The SMILES string of the molecule is COc1ccc2cc(-c3c(C)c(-c4cc(Cl)cc(Cl)c4)nn3[C@H](C)c3ccc(C(=O)NCCC(=O)O)cc3)ccc2c1. The van der Waals surface area contributed by atoms with Gasteiger partial charge in [-0.2, -0.15) is 5.10 Å². The molecule has 9 heteroatoms. The van der Waals surface area contributed by atoms with E-state index in [1.54, 1.807) is 25.3 Å². The number of benzene rings is 4. The summed E-state index contributed by atoms with van der Waals surface area (Å²) in [5, 5.41) is 19.7. The molecule has 0 saturated carbocycles. The summed E-state index contributed by atoms with van der Waals surface area (Å²) in [4.78, 5) is 23.2. The number of halogens is 2. The van der Waals surface area contributed by atoms with Crippen LogP contribution in [0.5, 0.6) is 5.75 Å². The van der Waals surface area contributed by atoms with Gasteiger partial charge >= 0.3 is 5.97 Å². The van der Waals surface area contributed by atoms with Crippen LogP contribution in [0.15, 0.2) is 78.9 Å². The van der Waals surface area contributed by atoms with Gasteiger partial charge in [-0.05, 0) is 78.7 Å². The normalized spacial score (nSPS) is 11.8. The number of carboxylic acids is 1. The van der Waals surface area contributed by atoms with Crippen molar-refractivity contribution in [1.29, 1.82) is 0 Å². The maximum absolute atomic E-state index is 12.5. The second-order valence-electron chi connectivity index (χ2n) is 10.1. The third-order valence-corrected chi connectivity index (χ3v) is 7.69. The highest BCUT2D eigenvalue weighted by Crippen LogP contribution is 2.38. The molecule has 0 aliphatic rings. The zero-order chi connectivity index (χ0) is 30.0. The predicted octanol–water partition coefficient (Wildman–Crippen LogP) is 7.81. The van der Waals surface area contributed by atoms with E-state index >= 15 is 0 Å². The first kappa shape index (κ1) is 29.2. The minimum Gasteiger partial charge on any atom is -0.497 e. The molecular weight excluding hydrogens is 573 g/mol. The number of carbonyl (C=O) groups is 2. The first-order chi connectivity index (χ1) is 20.1. The zero-order valence-corrected chi connectivity index (χ0v) is 24.8. The molecule has 42 heavy (non-hydrogen) atoms. The largest absolute Gasteiger partial charge is 0.497 e.